The van der Waals surface area contributed by atoms with Gasteiger partial charge in [0.15, 0.2) is 0 Å². The number of rotatable bonds is 6. The van der Waals surface area contributed by atoms with Crippen LogP contribution in [0.1, 0.15) is 37.3 Å². The molecule has 2 N–H and O–H groups in total. The third kappa shape index (κ3) is 4.85. The van der Waals surface area contributed by atoms with Gasteiger partial charge in [0.2, 0.25) is 5.91 Å². The van der Waals surface area contributed by atoms with E-state index in [0.29, 0.717) is 27.8 Å². The Hall–Kier alpha value is -3.78. The lowest BCUT2D eigenvalue weighted by atomic mass is 10.1. The number of aromatic nitrogens is 3. The van der Waals surface area contributed by atoms with Gasteiger partial charge in [-0.1, -0.05) is 6.07 Å². The SMILES string of the molecule is Cc1c(=O)n(C)c(Nc2ccc(I)cc2F)c2c(=O)n(C3CC3)c(=O)n(-c3cccc(NC(=O)[C@@H]4CCCN4C)c3)c12. The summed E-state index contributed by atoms with van der Waals surface area (Å²) >= 11 is 2.00. The van der Waals surface area contributed by atoms with Gasteiger partial charge in [0.1, 0.15) is 17.0 Å². The number of nitrogens with zero attached hydrogens (tertiary/aromatic N) is 4. The van der Waals surface area contributed by atoms with Gasteiger partial charge in [0.05, 0.1) is 22.9 Å². The molecule has 0 bridgehead atoms. The van der Waals surface area contributed by atoms with Crippen molar-refractivity contribution in [2.75, 3.05) is 24.2 Å². The second-order valence-corrected chi connectivity index (χ2v) is 12.3. The molecule has 1 amide bonds. The lowest BCUT2D eigenvalue weighted by Crippen LogP contribution is -2.41. The molecule has 42 heavy (non-hydrogen) atoms. The number of fused-ring (bicyclic) bond motifs is 1. The standard InChI is InChI=1S/C30H30FIN6O4/c1-16-25-24(26(36(3)28(16)40)34-22-12-9-17(32)14-21(22)31)29(41)38(19-10-11-19)30(42)37(25)20-7-4-6-18(15-20)33-27(39)23-8-5-13-35(23)2/h4,6-7,9,12,14-15,19,23,34H,5,8,10-11,13H2,1-3H3,(H,33,39)/t23-/m0/s1. The average Bonchev–Trinajstić information content (AvgIpc) is 3.69. The van der Waals surface area contributed by atoms with E-state index in [0.717, 1.165) is 19.4 Å². The van der Waals surface area contributed by atoms with Gasteiger partial charge < -0.3 is 10.6 Å². The summed E-state index contributed by atoms with van der Waals surface area (Å²) in [7, 11) is 3.42. The van der Waals surface area contributed by atoms with Crippen LogP contribution in [0.4, 0.5) is 21.6 Å². The highest BCUT2D eigenvalue weighted by Crippen LogP contribution is 2.34. The number of amides is 1. The van der Waals surface area contributed by atoms with Crippen molar-refractivity contribution >= 4 is 56.6 Å². The van der Waals surface area contributed by atoms with Crippen molar-refractivity contribution in [3.05, 3.63) is 88.6 Å². The van der Waals surface area contributed by atoms with Crippen molar-refractivity contribution in [1.29, 1.82) is 0 Å². The van der Waals surface area contributed by atoms with Crippen molar-refractivity contribution in [3.63, 3.8) is 0 Å². The molecule has 4 aromatic rings. The van der Waals surface area contributed by atoms with Gasteiger partial charge in [0.25, 0.3) is 11.1 Å². The molecule has 2 fully saturated rings. The number of nitrogens with one attached hydrogen (secondary N) is 2. The number of pyridine rings is 1. The number of carbonyl (C=O) groups excluding carboxylic acids is 1. The zero-order valence-corrected chi connectivity index (χ0v) is 25.6. The van der Waals surface area contributed by atoms with Crippen molar-refractivity contribution < 1.29 is 9.18 Å². The van der Waals surface area contributed by atoms with Crippen LogP contribution in [0.25, 0.3) is 16.6 Å². The highest BCUT2D eigenvalue weighted by Gasteiger charge is 2.32. The summed E-state index contributed by atoms with van der Waals surface area (Å²) in [5.74, 6) is -0.596. The van der Waals surface area contributed by atoms with Crippen molar-refractivity contribution in [2.24, 2.45) is 7.05 Å². The molecule has 0 spiro atoms. The van der Waals surface area contributed by atoms with Crippen LogP contribution in [0.3, 0.4) is 0 Å². The van der Waals surface area contributed by atoms with Crippen LogP contribution in [0.15, 0.2) is 56.8 Å². The first-order valence-corrected chi connectivity index (χ1v) is 14.9. The molecule has 2 aromatic heterocycles. The lowest BCUT2D eigenvalue weighted by molar-refractivity contribution is -0.119. The number of likely N-dealkylation sites (tertiary alicyclic amines) is 1. The number of benzene rings is 2. The van der Waals surface area contributed by atoms with Crippen LogP contribution in [0, 0.1) is 16.3 Å². The number of aryl methyl sites for hydroxylation is 1. The topological polar surface area (TPSA) is 110 Å². The number of likely N-dealkylation sites (N-methyl/N-ethyl adjacent to an activating group) is 1. The predicted molar refractivity (Wildman–Crippen MR) is 169 cm³/mol. The van der Waals surface area contributed by atoms with E-state index >= 15 is 0 Å². The Labute approximate surface area is 253 Å². The van der Waals surface area contributed by atoms with E-state index in [9.17, 15) is 23.6 Å². The van der Waals surface area contributed by atoms with Gasteiger partial charge in [-0.05, 0) is 105 Å². The minimum atomic E-state index is -0.572. The summed E-state index contributed by atoms with van der Waals surface area (Å²) in [5.41, 5.74) is -0.264. The Bertz CT molecular complexity index is 1940. The predicted octanol–water partition coefficient (Wildman–Crippen LogP) is 4.01. The summed E-state index contributed by atoms with van der Waals surface area (Å²) in [6.45, 7) is 2.41. The van der Waals surface area contributed by atoms with Crippen molar-refractivity contribution in [1.82, 2.24) is 18.6 Å². The molecule has 0 unspecified atom stereocenters. The largest absolute Gasteiger partial charge is 0.338 e. The van der Waals surface area contributed by atoms with E-state index in [-0.39, 0.29) is 46.0 Å². The fourth-order valence-corrected chi connectivity index (χ4v) is 6.22. The number of hydrogen-bond donors (Lipinski definition) is 2. The smallest absolute Gasteiger partial charge is 0.336 e. The molecule has 10 nitrogen and oxygen atoms in total. The Morgan fingerprint density at radius 1 is 1.02 bits per heavy atom. The van der Waals surface area contributed by atoms with E-state index in [1.165, 1.54) is 32.9 Å². The lowest BCUT2D eigenvalue weighted by Gasteiger charge is -2.21. The summed E-state index contributed by atoms with van der Waals surface area (Å²) in [4.78, 5) is 56.5. The molecular formula is C30H30FIN6O4. The summed E-state index contributed by atoms with van der Waals surface area (Å²) in [5, 5.41) is 6.03. The van der Waals surface area contributed by atoms with E-state index in [4.69, 9.17) is 0 Å². The van der Waals surface area contributed by atoms with Gasteiger partial charge in [-0.3, -0.25) is 33.0 Å². The van der Waals surface area contributed by atoms with Crippen LogP contribution >= 0.6 is 22.6 Å². The molecule has 1 aliphatic carbocycles. The van der Waals surface area contributed by atoms with Crippen molar-refractivity contribution in [3.8, 4) is 5.69 Å². The molecule has 1 saturated carbocycles. The first-order valence-electron chi connectivity index (χ1n) is 13.8. The average molecular weight is 685 g/mol. The van der Waals surface area contributed by atoms with Crippen LogP contribution in [-0.2, 0) is 11.8 Å². The maximum Gasteiger partial charge on any atom is 0.336 e. The van der Waals surface area contributed by atoms with Crippen molar-refractivity contribution in [2.45, 2.75) is 44.7 Å². The molecule has 3 heterocycles. The number of carbonyl (C=O) groups is 1. The number of hydrogen-bond acceptors (Lipinski definition) is 6. The van der Waals surface area contributed by atoms with E-state index in [2.05, 4.69) is 10.6 Å². The zero-order chi connectivity index (χ0) is 29.9. The molecule has 0 radical (unpaired) electrons. The normalized spacial score (nSPS) is 17.1. The molecular weight excluding hydrogens is 654 g/mol. The maximum absolute atomic E-state index is 14.9. The Morgan fingerprint density at radius 3 is 2.45 bits per heavy atom. The number of anilines is 3. The number of halogens is 2. The van der Waals surface area contributed by atoms with E-state index in [1.807, 2.05) is 34.5 Å². The first-order chi connectivity index (χ1) is 20.1. The first kappa shape index (κ1) is 28.3. The third-order valence-corrected chi connectivity index (χ3v) is 8.81. The molecule has 6 rings (SSSR count). The van der Waals surface area contributed by atoms with Crippen LogP contribution in [0.5, 0.6) is 0 Å². The van der Waals surface area contributed by atoms with Crippen LogP contribution in [-0.4, -0.2) is 44.1 Å². The second kappa shape index (κ2) is 10.8. The van der Waals surface area contributed by atoms with Gasteiger partial charge in [-0.2, -0.15) is 0 Å². The third-order valence-electron chi connectivity index (χ3n) is 8.13. The van der Waals surface area contributed by atoms with Gasteiger partial charge in [-0.25, -0.2) is 9.18 Å². The van der Waals surface area contributed by atoms with E-state index in [1.54, 1.807) is 37.3 Å². The quantitative estimate of drug-likeness (QED) is 0.297. The monoisotopic (exact) mass is 684 g/mol. The summed E-state index contributed by atoms with van der Waals surface area (Å²) in [6.07, 6.45) is 3.04. The molecule has 12 heteroatoms. The zero-order valence-electron chi connectivity index (χ0n) is 23.4. The maximum atomic E-state index is 14.9. The van der Waals surface area contributed by atoms with Gasteiger partial charge in [-0.15, -0.1) is 0 Å². The Balaban J connectivity index is 1.58. The summed E-state index contributed by atoms with van der Waals surface area (Å²) in [6, 6.07) is 10.9. The minimum Gasteiger partial charge on any atom is -0.338 e. The fourth-order valence-electron chi connectivity index (χ4n) is 5.76. The fraction of sp³-hybridized carbons (Fsp3) is 0.333. The Morgan fingerprint density at radius 2 is 1.79 bits per heavy atom. The second-order valence-electron chi connectivity index (χ2n) is 11.0. The molecule has 1 atom stereocenters. The van der Waals surface area contributed by atoms with Gasteiger partial charge >= 0.3 is 5.69 Å². The Kier molecular flexibility index (Phi) is 7.29. The molecule has 218 valence electrons. The molecule has 1 aliphatic heterocycles. The molecule has 2 aliphatic rings. The molecule has 1 saturated heterocycles. The van der Waals surface area contributed by atoms with E-state index < -0.39 is 22.6 Å². The minimum absolute atomic E-state index is 0.0857. The highest BCUT2D eigenvalue weighted by molar-refractivity contribution is 14.1. The molecule has 2 aromatic carbocycles. The summed E-state index contributed by atoms with van der Waals surface area (Å²) < 4.78 is 19.5. The highest BCUT2D eigenvalue weighted by atomic mass is 127. The van der Waals surface area contributed by atoms with Crippen LogP contribution < -0.4 is 27.4 Å². The van der Waals surface area contributed by atoms with Gasteiger partial charge in [0, 0.05) is 27.9 Å². The van der Waals surface area contributed by atoms with Crippen LogP contribution in [0.2, 0.25) is 0 Å².